The Morgan fingerprint density at radius 3 is 2.42 bits per heavy atom. The fourth-order valence-electron chi connectivity index (χ4n) is 2.40. The molecule has 0 fully saturated rings. The summed E-state index contributed by atoms with van der Waals surface area (Å²) < 4.78 is 38.2. The van der Waals surface area contributed by atoms with Crippen molar-refractivity contribution in [2.75, 3.05) is 11.9 Å². The summed E-state index contributed by atoms with van der Waals surface area (Å²) in [4.78, 5) is 13.8. The number of benzene rings is 2. The van der Waals surface area contributed by atoms with Crippen LogP contribution in [0.1, 0.15) is 22.3 Å². The van der Waals surface area contributed by atoms with Gasteiger partial charge in [-0.1, -0.05) is 23.7 Å². The average Bonchev–Trinajstić information content (AvgIpc) is 2.60. The number of hydrogen-bond donors (Lipinski definition) is 2. The van der Waals surface area contributed by atoms with Crippen molar-refractivity contribution in [2.45, 2.75) is 24.9 Å². The van der Waals surface area contributed by atoms with Crippen LogP contribution in [0.4, 0.5) is 18.9 Å². The number of nitrogens with two attached hydrogens (primary N) is 1. The summed E-state index contributed by atoms with van der Waals surface area (Å²) in [5, 5.41) is 10.8. The van der Waals surface area contributed by atoms with Gasteiger partial charge < -0.3 is 15.7 Å². The van der Waals surface area contributed by atoms with Crippen molar-refractivity contribution in [3.8, 4) is 0 Å². The Morgan fingerprint density at radius 2 is 1.85 bits per heavy atom. The molecule has 140 valence electrons. The Bertz CT molecular complexity index is 766. The monoisotopic (exact) mass is 386 g/mol. The number of Topliss-reactive ketones (excluding diaryl/α,β-unsaturated/α-hetero) is 1. The van der Waals surface area contributed by atoms with Gasteiger partial charge in [-0.3, -0.25) is 4.79 Å². The number of rotatable bonds is 6. The molecule has 8 heteroatoms. The van der Waals surface area contributed by atoms with Crippen molar-refractivity contribution in [1.82, 2.24) is 0 Å². The summed E-state index contributed by atoms with van der Waals surface area (Å²) in [6.45, 7) is 0. The Hall–Kier alpha value is -2.09. The third kappa shape index (κ3) is 4.97. The number of aliphatic hydroxyl groups excluding tert-OH is 1. The number of carbonyl (C=O) groups excluding carboxylic acids is 1. The molecule has 0 saturated heterocycles. The molecule has 0 saturated carbocycles. The third-order valence-corrected chi connectivity index (χ3v) is 4.23. The van der Waals surface area contributed by atoms with E-state index in [4.69, 9.17) is 17.3 Å². The fourth-order valence-corrected chi connectivity index (χ4v) is 2.53. The Labute approximate surface area is 154 Å². The molecule has 3 N–H and O–H groups in total. The van der Waals surface area contributed by atoms with E-state index in [-0.39, 0.29) is 5.56 Å². The standard InChI is InChI=1S/C18H18ClF3N2O2/c1-24(14-7-5-13(19)6-8-14)17(23)16(26)10-15(25)11-3-2-4-12(9-11)18(20,21)22/h2-9,16-17,26H,10,23H2,1H3. The van der Waals surface area contributed by atoms with Crippen LogP contribution in [0.5, 0.6) is 0 Å². The van der Waals surface area contributed by atoms with E-state index in [1.807, 2.05) is 0 Å². The van der Waals surface area contributed by atoms with Crippen LogP contribution in [0.15, 0.2) is 48.5 Å². The predicted molar refractivity (Wildman–Crippen MR) is 94.2 cm³/mol. The smallest absolute Gasteiger partial charge is 0.389 e. The zero-order valence-electron chi connectivity index (χ0n) is 13.9. The number of halogens is 4. The number of alkyl halides is 3. The van der Waals surface area contributed by atoms with Crippen LogP contribution in [-0.4, -0.2) is 30.2 Å². The highest BCUT2D eigenvalue weighted by Crippen LogP contribution is 2.30. The molecule has 0 heterocycles. The molecule has 2 rings (SSSR count). The second-order valence-electron chi connectivity index (χ2n) is 5.85. The van der Waals surface area contributed by atoms with Gasteiger partial charge in [-0.25, -0.2) is 0 Å². The van der Waals surface area contributed by atoms with Gasteiger partial charge in [0.2, 0.25) is 0 Å². The number of likely N-dealkylation sites (N-methyl/N-ethyl adjacent to an activating group) is 1. The summed E-state index contributed by atoms with van der Waals surface area (Å²) in [5.74, 6) is -0.622. The van der Waals surface area contributed by atoms with Crippen LogP contribution in [0.2, 0.25) is 5.02 Å². The molecule has 0 aliphatic carbocycles. The summed E-state index contributed by atoms with van der Waals surface area (Å²) in [6, 6.07) is 10.8. The lowest BCUT2D eigenvalue weighted by Crippen LogP contribution is -2.49. The highest BCUT2D eigenvalue weighted by molar-refractivity contribution is 6.30. The summed E-state index contributed by atoms with van der Waals surface area (Å²) in [5.41, 5.74) is 5.60. The molecule has 0 aliphatic heterocycles. The minimum absolute atomic E-state index is 0.125. The largest absolute Gasteiger partial charge is 0.416 e. The maximum Gasteiger partial charge on any atom is 0.416 e. The molecular weight excluding hydrogens is 369 g/mol. The number of nitrogens with zero attached hydrogens (tertiary/aromatic N) is 1. The number of aliphatic hydroxyl groups is 1. The first-order valence-corrected chi connectivity index (χ1v) is 8.10. The van der Waals surface area contributed by atoms with Crippen molar-refractivity contribution in [2.24, 2.45) is 5.73 Å². The lowest BCUT2D eigenvalue weighted by molar-refractivity contribution is -0.137. The minimum atomic E-state index is -4.54. The van der Waals surface area contributed by atoms with Crippen LogP contribution in [0, 0.1) is 0 Å². The molecule has 0 bridgehead atoms. The molecule has 2 aromatic carbocycles. The molecular formula is C18H18ClF3N2O2. The van der Waals surface area contributed by atoms with Gasteiger partial charge in [0.25, 0.3) is 0 Å². The number of ketones is 1. The Balaban J connectivity index is 2.07. The van der Waals surface area contributed by atoms with E-state index in [2.05, 4.69) is 0 Å². The SMILES string of the molecule is CN(c1ccc(Cl)cc1)C(N)C(O)CC(=O)c1cccc(C(F)(F)F)c1. The lowest BCUT2D eigenvalue weighted by atomic mass is 10.0. The number of anilines is 1. The van der Waals surface area contributed by atoms with Gasteiger partial charge in [0.05, 0.1) is 11.7 Å². The van der Waals surface area contributed by atoms with Gasteiger partial charge in [0.1, 0.15) is 6.17 Å². The van der Waals surface area contributed by atoms with Crippen LogP contribution in [0.25, 0.3) is 0 Å². The molecule has 2 aromatic rings. The van der Waals surface area contributed by atoms with Gasteiger partial charge in [-0.05, 0) is 36.4 Å². The second kappa shape index (κ2) is 8.07. The fraction of sp³-hybridized carbons (Fsp3) is 0.278. The maximum atomic E-state index is 12.7. The van der Waals surface area contributed by atoms with E-state index in [0.717, 1.165) is 18.2 Å². The van der Waals surface area contributed by atoms with Crippen molar-refractivity contribution in [1.29, 1.82) is 0 Å². The topological polar surface area (TPSA) is 66.6 Å². The Kier molecular flexibility index (Phi) is 6.28. The molecule has 0 spiro atoms. The summed E-state index contributed by atoms with van der Waals surface area (Å²) in [6.07, 6.45) is -7.14. The highest BCUT2D eigenvalue weighted by Gasteiger charge is 2.31. The van der Waals surface area contributed by atoms with Crippen LogP contribution in [-0.2, 0) is 6.18 Å². The zero-order chi connectivity index (χ0) is 19.5. The van der Waals surface area contributed by atoms with E-state index in [0.29, 0.717) is 10.7 Å². The molecule has 0 aromatic heterocycles. The van der Waals surface area contributed by atoms with Crippen molar-refractivity contribution in [3.05, 3.63) is 64.7 Å². The van der Waals surface area contributed by atoms with Crippen molar-refractivity contribution in [3.63, 3.8) is 0 Å². The van der Waals surface area contributed by atoms with E-state index in [9.17, 15) is 23.1 Å². The number of carbonyl (C=O) groups is 1. The van der Waals surface area contributed by atoms with E-state index < -0.39 is 36.2 Å². The van der Waals surface area contributed by atoms with Gasteiger partial charge in [-0.2, -0.15) is 13.2 Å². The normalized spacial score (nSPS) is 14.0. The quantitative estimate of drug-likeness (QED) is 0.586. The predicted octanol–water partition coefficient (Wildman–Crippen LogP) is 3.71. The van der Waals surface area contributed by atoms with E-state index >= 15 is 0 Å². The lowest BCUT2D eigenvalue weighted by Gasteiger charge is -2.30. The molecule has 0 amide bonds. The molecule has 2 atom stereocenters. The van der Waals surface area contributed by atoms with Gasteiger partial charge >= 0.3 is 6.18 Å². The van der Waals surface area contributed by atoms with E-state index in [1.165, 1.54) is 6.07 Å². The van der Waals surface area contributed by atoms with Gasteiger partial charge in [-0.15, -0.1) is 0 Å². The third-order valence-electron chi connectivity index (χ3n) is 3.98. The van der Waals surface area contributed by atoms with Gasteiger partial charge in [0, 0.05) is 29.7 Å². The first-order chi connectivity index (χ1) is 12.1. The minimum Gasteiger partial charge on any atom is -0.389 e. The molecule has 26 heavy (non-hydrogen) atoms. The average molecular weight is 387 g/mol. The molecule has 0 radical (unpaired) electrons. The second-order valence-corrected chi connectivity index (χ2v) is 6.29. The summed E-state index contributed by atoms with van der Waals surface area (Å²) >= 11 is 5.82. The van der Waals surface area contributed by atoms with E-state index in [1.54, 1.807) is 36.2 Å². The zero-order valence-corrected chi connectivity index (χ0v) is 14.6. The molecule has 0 aliphatic rings. The van der Waals surface area contributed by atoms with Crippen LogP contribution >= 0.6 is 11.6 Å². The van der Waals surface area contributed by atoms with Crippen molar-refractivity contribution < 1.29 is 23.1 Å². The van der Waals surface area contributed by atoms with Crippen LogP contribution in [0.3, 0.4) is 0 Å². The first kappa shape index (κ1) is 20.2. The van der Waals surface area contributed by atoms with Gasteiger partial charge in [0.15, 0.2) is 5.78 Å². The molecule has 4 nitrogen and oxygen atoms in total. The Morgan fingerprint density at radius 1 is 1.23 bits per heavy atom. The maximum absolute atomic E-state index is 12.7. The summed E-state index contributed by atoms with van der Waals surface area (Å²) in [7, 11) is 1.63. The van der Waals surface area contributed by atoms with Crippen LogP contribution < -0.4 is 10.6 Å². The van der Waals surface area contributed by atoms with Crippen molar-refractivity contribution >= 4 is 23.1 Å². The highest BCUT2D eigenvalue weighted by atomic mass is 35.5. The first-order valence-electron chi connectivity index (χ1n) is 7.72. The number of hydrogen-bond acceptors (Lipinski definition) is 4. The molecule has 2 unspecified atom stereocenters.